The number of hydrogen-bond donors (Lipinski definition) is 1. The van der Waals surface area contributed by atoms with Gasteiger partial charge in [0.15, 0.2) is 5.58 Å². The van der Waals surface area contributed by atoms with Gasteiger partial charge in [0.05, 0.1) is 16.5 Å². The number of amides is 1. The largest absolute Gasteiger partial charge is 0.451 e. The zero-order valence-electron chi connectivity index (χ0n) is 14.1. The standard InChI is InChI=1S/C19H13Cl2N3O2S/c1-10-22-17-12-4-2-3-5-15(12)26-18(17)19(23-10)27-9-16(25)24-14-7-6-11(20)8-13(14)21/h2-8H,9H2,1H3,(H,24,25). The molecule has 0 bridgehead atoms. The van der Waals surface area contributed by atoms with Gasteiger partial charge in [-0.2, -0.15) is 0 Å². The molecule has 0 spiro atoms. The number of hydrogen-bond acceptors (Lipinski definition) is 5. The molecule has 4 aromatic rings. The smallest absolute Gasteiger partial charge is 0.234 e. The van der Waals surface area contributed by atoms with Gasteiger partial charge in [0.1, 0.15) is 22.0 Å². The second-order valence-electron chi connectivity index (χ2n) is 5.81. The van der Waals surface area contributed by atoms with Gasteiger partial charge in [0.2, 0.25) is 5.91 Å². The molecule has 27 heavy (non-hydrogen) atoms. The average Bonchev–Trinajstić information content (AvgIpc) is 3.01. The molecule has 0 atom stereocenters. The molecule has 0 fully saturated rings. The fourth-order valence-corrected chi connectivity index (χ4v) is 3.94. The highest BCUT2D eigenvalue weighted by Crippen LogP contribution is 2.33. The van der Waals surface area contributed by atoms with Crippen LogP contribution in [0.1, 0.15) is 5.82 Å². The molecule has 5 nitrogen and oxygen atoms in total. The van der Waals surface area contributed by atoms with Gasteiger partial charge in [-0.3, -0.25) is 4.79 Å². The van der Waals surface area contributed by atoms with Gasteiger partial charge >= 0.3 is 0 Å². The van der Waals surface area contributed by atoms with Crippen LogP contribution in [0.15, 0.2) is 51.9 Å². The normalized spacial score (nSPS) is 11.2. The van der Waals surface area contributed by atoms with Gasteiger partial charge in [-0.15, -0.1) is 0 Å². The van der Waals surface area contributed by atoms with Crippen LogP contribution in [-0.4, -0.2) is 21.6 Å². The summed E-state index contributed by atoms with van der Waals surface area (Å²) in [6, 6.07) is 12.6. The van der Waals surface area contributed by atoms with Crippen LogP contribution in [0.2, 0.25) is 10.0 Å². The predicted molar refractivity (Wildman–Crippen MR) is 110 cm³/mol. The van der Waals surface area contributed by atoms with E-state index in [2.05, 4.69) is 15.3 Å². The van der Waals surface area contributed by atoms with E-state index in [0.717, 1.165) is 16.5 Å². The molecule has 0 aliphatic rings. The number of thioether (sulfide) groups is 1. The number of furan rings is 1. The van der Waals surface area contributed by atoms with E-state index in [-0.39, 0.29) is 11.7 Å². The summed E-state index contributed by atoms with van der Waals surface area (Å²) < 4.78 is 5.91. The SMILES string of the molecule is Cc1nc(SCC(=O)Nc2ccc(Cl)cc2Cl)c2oc3ccccc3c2n1. The van der Waals surface area contributed by atoms with Gasteiger partial charge in [-0.25, -0.2) is 9.97 Å². The fourth-order valence-electron chi connectivity index (χ4n) is 2.68. The van der Waals surface area contributed by atoms with Crippen LogP contribution in [0.5, 0.6) is 0 Å². The summed E-state index contributed by atoms with van der Waals surface area (Å²) in [6.45, 7) is 1.82. The van der Waals surface area contributed by atoms with E-state index in [9.17, 15) is 4.79 Å². The van der Waals surface area contributed by atoms with Crippen molar-refractivity contribution in [3.8, 4) is 0 Å². The Bertz CT molecular complexity index is 1180. The highest BCUT2D eigenvalue weighted by Gasteiger charge is 2.16. The molecule has 0 unspecified atom stereocenters. The molecule has 0 saturated heterocycles. The number of carbonyl (C=O) groups is 1. The van der Waals surface area contributed by atoms with E-state index in [0.29, 0.717) is 32.2 Å². The van der Waals surface area contributed by atoms with Crippen molar-refractivity contribution in [3.63, 3.8) is 0 Å². The van der Waals surface area contributed by atoms with Crippen molar-refractivity contribution in [2.24, 2.45) is 0 Å². The molecule has 2 aromatic carbocycles. The Balaban J connectivity index is 1.57. The number of para-hydroxylation sites is 1. The number of anilines is 1. The Morgan fingerprint density at radius 3 is 2.81 bits per heavy atom. The number of aryl methyl sites for hydroxylation is 1. The minimum Gasteiger partial charge on any atom is -0.451 e. The average molecular weight is 418 g/mol. The maximum absolute atomic E-state index is 12.3. The lowest BCUT2D eigenvalue weighted by molar-refractivity contribution is -0.113. The summed E-state index contributed by atoms with van der Waals surface area (Å²) in [5.41, 5.74) is 2.59. The second kappa shape index (κ2) is 7.38. The Morgan fingerprint density at radius 2 is 2.00 bits per heavy atom. The van der Waals surface area contributed by atoms with Crippen LogP contribution in [0.4, 0.5) is 5.69 Å². The monoisotopic (exact) mass is 417 g/mol. The molecule has 8 heteroatoms. The summed E-state index contributed by atoms with van der Waals surface area (Å²) >= 11 is 13.3. The van der Waals surface area contributed by atoms with E-state index in [1.165, 1.54) is 11.8 Å². The number of nitrogens with zero attached hydrogens (tertiary/aromatic N) is 2. The number of carbonyl (C=O) groups excluding carboxylic acids is 1. The molecule has 2 heterocycles. The zero-order chi connectivity index (χ0) is 19.0. The number of nitrogens with one attached hydrogen (secondary N) is 1. The third-order valence-electron chi connectivity index (χ3n) is 3.85. The van der Waals surface area contributed by atoms with Crippen molar-refractivity contribution in [3.05, 3.63) is 58.3 Å². The molecule has 0 aliphatic carbocycles. The lowest BCUT2D eigenvalue weighted by Gasteiger charge is -2.07. The predicted octanol–water partition coefficient (Wildman–Crippen LogP) is 5.72. The van der Waals surface area contributed by atoms with Crippen molar-refractivity contribution >= 4 is 68.6 Å². The number of benzene rings is 2. The maximum atomic E-state index is 12.3. The van der Waals surface area contributed by atoms with Crippen LogP contribution in [0.25, 0.3) is 22.1 Å². The van der Waals surface area contributed by atoms with Crippen LogP contribution < -0.4 is 5.32 Å². The zero-order valence-corrected chi connectivity index (χ0v) is 16.5. The Labute approximate surface area is 169 Å². The van der Waals surface area contributed by atoms with Crippen LogP contribution in [0.3, 0.4) is 0 Å². The summed E-state index contributed by atoms with van der Waals surface area (Å²) in [5.74, 6) is 0.573. The Kier molecular flexibility index (Phi) is 4.95. The first-order valence-corrected chi connectivity index (χ1v) is 9.79. The van der Waals surface area contributed by atoms with Crippen LogP contribution in [-0.2, 0) is 4.79 Å². The molecule has 1 N–H and O–H groups in total. The Morgan fingerprint density at radius 1 is 1.19 bits per heavy atom. The Hall–Kier alpha value is -2.28. The lowest BCUT2D eigenvalue weighted by Crippen LogP contribution is -2.14. The molecule has 0 radical (unpaired) electrons. The van der Waals surface area contributed by atoms with E-state index in [1.54, 1.807) is 18.2 Å². The first-order chi connectivity index (χ1) is 13.0. The summed E-state index contributed by atoms with van der Waals surface area (Å²) in [5, 5.41) is 5.23. The molecule has 136 valence electrons. The molecular weight excluding hydrogens is 405 g/mol. The molecule has 2 aromatic heterocycles. The fraction of sp³-hybridized carbons (Fsp3) is 0.105. The number of aromatic nitrogens is 2. The molecular formula is C19H13Cl2N3O2S. The van der Waals surface area contributed by atoms with Gasteiger partial charge < -0.3 is 9.73 Å². The third-order valence-corrected chi connectivity index (χ3v) is 5.35. The summed E-state index contributed by atoms with van der Waals surface area (Å²) in [7, 11) is 0. The van der Waals surface area contributed by atoms with E-state index in [1.807, 2.05) is 31.2 Å². The van der Waals surface area contributed by atoms with Crippen molar-refractivity contribution in [2.75, 3.05) is 11.1 Å². The minimum atomic E-state index is -0.204. The number of halogens is 2. The molecule has 4 rings (SSSR count). The first-order valence-electron chi connectivity index (χ1n) is 8.05. The van der Waals surface area contributed by atoms with Crippen molar-refractivity contribution < 1.29 is 9.21 Å². The van der Waals surface area contributed by atoms with Crippen LogP contribution >= 0.6 is 35.0 Å². The molecule has 0 saturated carbocycles. The number of fused-ring (bicyclic) bond motifs is 3. The van der Waals surface area contributed by atoms with Gasteiger partial charge in [0.25, 0.3) is 0 Å². The van der Waals surface area contributed by atoms with Crippen LogP contribution in [0, 0.1) is 6.92 Å². The van der Waals surface area contributed by atoms with Gasteiger partial charge in [0, 0.05) is 10.4 Å². The quantitative estimate of drug-likeness (QED) is 0.339. The summed E-state index contributed by atoms with van der Waals surface area (Å²) in [6.07, 6.45) is 0. The molecule has 0 aliphatic heterocycles. The van der Waals surface area contributed by atoms with Gasteiger partial charge in [-0.1, -0.05) is 47.1 Å². The number of rotatable bonds is 4. The van der Waals surface area contributed by atoms with E-state index < -0.39 is 0 Å². The van der Waals surface area contributed by atoms with E-state index >= 15 is 0 Å². The van der Waals surface area contributed by atoms with Crippen molar-refractivity contribution in [2.45, 2.75) is 11.9 Å². The third kappa shape index (κ3) is 3.74. The van der Waals surface area contributed by atoms with Gasteiger partial charge in [-0.05, 0) is 37.3 Å². The minimum absolute atomic E-state index is 0.154. The van der Waals surface area contributed by atoms with E-state index in [4.69, 9.17) is 27.6 Å². The van der Waals surface area contributed by atoms with Crippen molar-refractivity contribution in [1.82, 2.24) is 9.97 Å². The topological polar surface area (TPSA) is 68.0 Å². The maximum Gasteiger partial charge on any atom is 0.234 e. The first kappa shape index (κ1) is 18.1. The highest BCUT2D eigenvalue weighted by atomic mass is 35.5. The molecule has 1 amide bonds. The lowest BCUT2D eigenvalue weighted by atomic mass is 10.2. The van der Waals surface area contributed by atoms with Crippen molar-refractivity contribution in [1.29, 1.82) is 0 Å². The highest BCUT2D eigenvalue weighted by molar-refractivity contribution is 8.00. The summed E-state index contributed by atoms with van der Waals surface area (Å²) in [4.78, 5) is 21.2. The second-order valence-corrected chi connectivity index (χ2v) is 7.62.